The van der Waals surface area contributed by atoms with E-state index in [1.54, 1.807) is 48.0 Å². The van der Waals surface area contributed by atoms with E-state index in [1.165, 1.54) is 0 Å². The average molecular weight is 399 g/mol. The molecule has 0 bridgehead atoms. The predicted octanol–water partition coefficient (Wildman–Crippen LogP) is 3.79. The van der Waals surface area contributed by atoms with E-state index in [-0.39, 0.29) is 11.8 Å². The van der Waals surface area contributed by atoms with Crippen molar-refractivity contribution in [3.05, 3.63) is 59.7 Å². The minimum Gasteiger partial charge on any atom is -0.497 e. The largest absolute Gasteiger partial charge is 0.497 e. The number of hydrogen-bond donors (Lipinski definition) is 0. The molecule has 0 spiro atoms. The highest BCUT2D eigenvalue weighted by atomic mass is 32.2. The van der Waals surface area contributed by atoms with Crippen molar-refractivity contribution < 1.29 is 14.3 Å². The average Bonchev–Trinajstić information content (AvgIpc) is 2.73. The molecular formula is C22H26N2O3S. The van der Waals surface area contributed by atoms with Gasteiger partial charge < -0.3 is 14.5 Å². The van der Waals surface area contributed by atoms with Crippen molar-refractivity contribution in [1.82, 2.24) is 9.80 Å². The van der Waals surface area contributed by atoms with Gasteiger partial charge in [-0.05, 0) is 36.4 Å². The lowest BCUT2D eigenvalue weighted by Gasteiger charge is -2.35. The number of methoxy groups -OCH3 is 1. The van der Waals surface area contributed by atoms with Crippen LogP contribution in [0, 0.1) is 0 Å². The van der Waals surface area contributed by atoms with E-state index in [0.717, 1.165) is 16.2 Å². The second-order valence-corrected chi connectivity index (χ2v) is 8.59. The molecule has 0 N–H and O–H groups in total. The highest BCUT2D eigenvalue weighted by molar-refractivity contribution is 8.00. The molecule has 2 aromatic rings. The van der Waals surface area contributed by atoms with Crippen LogP contribution in [-0.2, 0) is 0 Å². The molecule has 0 unspecified atom stereocenters. The maximum atomic E-state index is 13.0. The number of nitrogens with zero attached hydrogens (tertiary/aromatic N) is 2. The fourth-order valence-corrected chi connectivity index (χ4v) is 4.15. The van der Waals surface area contributed by atoms with Crippen LogP contribution >= 0.6 is 11.8 Å². The molecular weight excluding hydrogens is 372 g/mol. The van der Waals surface area contributed by atoms with Gasteiger partial charge in [-0.3, -0.25) is 9.59 Å². The summed E-state index contributed by atoms with van der Waals surface area (Å²) in [4.78, 5) is 30.4. The minimum atomic E-state index is -0.00878. The highest BCUT2D eigenvalue weighted by Gasteiger charge is 2.26. The van der Waals surface area contributed by atoms with Gasteiger partial charge in [0.05, 0.1) is 12.7 Å². The van der Waals surface area contributed by atoms with E-state index in [2.05, 4.69) is 13.8 Å². The number of hydrogen-bond acceptors (Lipinski definition) is 4. The van der Waals surface area contributed by atoms with Gasteiger partial charge in [0.2, 0.25) is 0 Å². The molecule has 2 amide bonds. The van der Waals surface area contributed by atoms with Gasteiger partial charge in [0.25, 0.3) is 11.8 Å². The van der Waals surface area contributed by atoms with Crippen molar-refractivity contribution in [2.24, 2.45) is 0 Å². The second kappa shape index (κ2) is 9.15. The number of thioether (sulfide) groups is 1. The van der Waals surface area contributed by atoms with Gasteiger partial charge in [-0.25, -0.2) is 0 Å². The first kappa shape index (κ1) is 20.3. The maximum Gasteiger partial charge on any atom is 0.255 e. The van der Waals surface area contributed by atoms with Crippen LogP contribution < -0.4 is 4.74 Å². The molecule has 0 atom stereocenters. The monoisotopic (exact) mass is 398 g/mol. The molecule has 2 aromatic carbocycles. The Labute approximate surface area is 170 Å². The fourth-order valence-electron chi connectivity index (χ4n) is 3.20. The molecule has 5 nitrogen and oxygen atoms in total. The molecule has 1 aliphatic rings. The summed E-state index contributed by atoms with van der Waals surface area (Å²) in [5.74, 6) is 0.760. The summed E-state index contributed by atoms with van der Waals surface area (Å²) in [6.07, 6.45) is 0. The quantitative estimate of drug-likeness (QED) is 0.719. The number of amides is 2. The van der Waals surface area contributed by atoms with Crippen molar-refractivity contribution in [1.29, 1.82) is 0 Å². The molecule has 1 fully saturated rings. The summed E-state index contributed by atoms with van der Waals surface area (Å²) < 4.78 is 5.14. The molecule has 0 radical (unpaired) electrons. The summed E-state index contributed by atoms with van der Waals surface area (Å²) >= 11 is 1.70. The van der Waals surface area contributed by atoms with Gasteiger partial charge >= 0.3 is 0 Å². The molecule has 1 saturated heterocycles. The first-order valence-electron chi connectivity index (χ1n) is 9.48. The fraction of sp³-hybridized carbons (Fsp3) is 0.364. The standard InChI is InChI=1S/C22H26N2O3S/c1-16(2)28-20-7-5-4-6-19(20)22(26)24-14-12-23(13-15-24)21(25)17-8-10-18(27-3)11-9-17/h4-11,16H,12-15H2,1-3H3. The number of rotatable bonds is 5. The van der Waals surface area contributed by atoms with Crippen LogP contribution in [0.5, 0.6) is 5.75 Å². The summed E-state index contributed by atoms with van der Waals surface area (Å²) in [7, 11) is 1.60. The molecule has 0 aromatic heterocycles. The van der Waals surface area contributed by atoms with E-state index >= 15 is 0 Å². The zero-order valence-electron chi connectivity index (χ0n) is 16.6. The van der Waals surface area contributed by atoms with Crippen LogP contribution in [0.25, 0.3) is 0 Å². The van der Waals surface area contributed by atoms with E-state index in [0.29, 0.717) is 37.0 Å². The minimum absolute atomic E-state index is 0.00878. The number of ether oxygens (including phenoxy) is 1. The van der Waals surface area contributed by atoms with Crippen LogP contribution in [0.3, 0.4) is 0 Å². The Morgan fingerprint density at radius 1 is 0.893 bits per heavy atom. The van der Waals surface area contributed by atoms with Crippen molar-refractivity contribution in [2.45, 2.75) is 24.0 Å². The van der Waals surface area contributed by atoms with Gasteiger partial charge in [-0.15, -0.1) is 11.8 Å². The molecule has 0 saturated carbocycles. The molecule has 3 rings (SSSR count). The lowest BCUT2D eigenvalue weighted by atomic mass is 10.1. The van der Waals surface area contributed by atoms with Crippen molar-refractivity contribution in [3.63, 3.8) is 0 Å². The molecule has 1 heterocycles. The number of carbonyl (C=O) groups is 2. The first-order chi connectivity index (χ1) is 13.5. The number of carbonyl (C=O) groups excluding carboxylic acids is 2. The third kappa shape index (κ3) is 4.68. The smallest absolute Gasteiger partial charge is 0.255 e. The van der Waals surface area contributed by atoms with Crippen LogP contribution in [-0.4, -0.2) is 60.2 Å². The Morgan fingerprint density at radius 3 is 2.04 bits per heavy atom. The Balaban J connectivity index is 1.63. The van der Waals surface area contributed by atoms with Gasteiger partial charge in [0.15, 0.2) is 0 Å². The van der Waals surface area contributed by atoms with Crippen LogP contribution in [0.15, 0.2) is 53.4 Å². The summed E-state index contributed by atoms with van der Waals surface area (Å²) in [5, 5.41) is 0.410. The highest BCUT2D eigenvalue weighted by Crippen LogP contribution is 2.27. The molecule has 0 aliphatic carbocycles. The number of piperazine rings is 1. The maximum absolute atomic E-state index is 13.0. The molecule has 148 valence electrons. The van der Waals surface area contributed by atoms with Crippen LogP contribution in [0.4, 0.5) is 0 Å². The lowest BCUT2D eigenvalue weighted by molar-refractivity contribution is 0.0533. The summed E-state index contributed by atoms with van der Waals surface area (Å²) in [6.45, 7) is 6.40. The van der Waals surface area contributed by atoms with Crippen molar-refractivity contribution in [2.75, 3.05) is 33.3 Å². The summed E-state index contributed by atoms with van der Waals surface area (Å²) in [5.41, 5.74) is 1.38. The Bertz CT molecular complexity index is 828. The van der Waals surface area contributed by atoms with E-state index < -0.39 is 0 Å². The zero-order valence-corrected chi connectivity index (χ0v) is 17.4. The van der Waals surface area contributed by atoms with Gasteiger partial charge in [0, 0.05) is 41.9 Å². The predicted molar refractivity (Wildman–Crippen MR) is 112 cm³/mol. The lowest BCUT2D eigenvalue weighted by Crippen LogP contribution is -2.50. The third-order valence-electron chi connectivity index (χ3n) is 4.67. The van der Waals surface area contributed by atoms with Gasteiger partial charge in [-0.1, -0.05) is 26.0 Å². The normalized spacial score (nSPS) is 14.3. The Hall–Kier alpha value is -2.47. The van der Waals surface area contributed by atoms with Crippen LogP contribution in [0.2, 0.25) is 0 Å². The Kier molecular flexibility index (Phi) is 6.62. The van der Waals surface area contributed by atoms with E-state index in [9.17, 15) is 9.59 Å². The van der Waals surface area contributed by atoms with E-state index in [1.807, 2.05) is 29.2 Å². The molecule has 28 heavy (non-hydrogen) atoms. The SMILES string of the molecule is COc1ccc(C(=O)N2CCN(C(=O)c3ccccc3SC(C)C)CC2)cc1. The second-order valence-electron chi connectivity index (χ2n) is 6.98. The van der Waals surface area contributed by atoms with Crippen LogP contribution in [0.1, 0.15) is 34.6 Å². The first-order valence-corrected chi connectivity index (χ1v) is 10.4. The molecule has 6 heteroatoms. The number of benzene rings is 2. The topological polar surface area (TPSA) is 49.9 Å². The van der Waals surface area contributed by atoms with Crippen molar-refractivity contribution >= 4 is 23.6 Å². The van der Waals surface area contributed by atoms with Crippen molar-refractivity contribution in [3.8, 4) is 5.75 Å². The van der Waals surface area contributed by atoms with Gasteiger partial charge in [-0.2, -0.15) is 0 Å². The summed E-state index contributed by atoms with van der Waals surface area (Å²) in [6, 6.07) is 14.9. The van der Waals surface area contributed by atoms with E-state index in [4.69, 9.17) is 4.74 Å². The Morgan fingerprint density at radius 2 is 1.46 bits per heavy atom. The molecule has 1 aliphatic heterocycles. The van der Waals surface area contributed by atoms with Gasteiger partial charge in [0.1, 0.15) is 5.75 Å². The third-order valence-corrected chi connectivity index (χ3v) is 5.75. The zero-order chi connectivity index (χ0) is 20.1.